The van der Waals surface area contributed by atoms with Gasteiger partial charge in [0.2, 0.25) is 0 Å². The minimum atomic E-state index is -0.131. The molecule has 0 radical (unpaired) electrons. The molecule has 1 amide bonds. The average Bonchev–Trinajstić information content (AvgIpc) is 2.55. The van der Waals surface area contributed by atoms with E-state index in [2.05, 4.69) is 68.4 Å². The molecule has 128 valence electrons. The van der Waals surface area contributed by atoms with Gasteiger partial charge in [0.15, 0.2) is 0 Å². The van der Waals surface area contributed by atoms with Crippen molar-refractivity contribution in [1.29, 1.82) is 0 Å². The van der Waals surface area contributed by atoms with E-state index in [1.54, 1.807) is 12.3 Å². The van der Waals surface area contributed by atoms with Crippen molar-refractivity contribution in [2.24, 2.45) is 5.92 Å². The Morgan fingerprint density at radius 3 is 2.46 bits per heavy atom. The molecule has 4 nitrogen and oxygen atoms in total. The second-order valence-electron chi connectivity index (χ2n) is 6.85. The molecule has 2 aromatic rings. The second-order valence-corrected chi connectivity index (χ2v) is 6.85. The molecular formula is C20H27N3O. The normalized spacial score (nSPS) is 11.0. The minimum absolute atomic E-state index is 0.131. The highest BCUT2D eigenvalue weighted by molar-refractivity contribution is 5.92. The van der Waals surface area contributed by atoms with Crippen LogP contribution in [0.5, 0.6) is 0 Å². The fourth-order valence-electron chi connectivity index (χ4n) is 2.48. The van der Waals surface area contributed by atoms with Gasteiger partial charge in [0.1, 0.15) is 5.69 Å². The Balaban J connectivity index is 2.14. The lowest BCUT2D eigenvalue weighted by Crippen LogP contribution is -2.27. The van der Waals surface area contributed by atoms with E-state index in [1.807, 2.05) is 6.07 Å². The van der Waals surface area contributed by atoms with Crippen LogP contribution in [0.4, 0.5) is 11.4 Å². The lowest BCUT2D eigenvalue weighted by molar-refractivity contribution is 0.0944. The Morgan fingerprint density at radius 2 is 1.88 bits per heavy atom. The van der Waals surface area contributed by atoms with Crippen LogP contribution in [0.25, 0.3) is 0 Å². The van der Waals surface area contributed by atoms with Gasteiger partial charge in [0.25, 0.3) is 5.91 Å². The number of carbonyl (C=O) groups excluding carboxylic acids is 1. The van der Waals surface area contributed by atoms with Crippen LogP contribution in [0.1, 0.15) is 55.2 Å². The van der Waals surface area contributed by atoms with Crippen LogP contribution >= 0.6 is 0 Å². The second kappa shape index (κ2) is 7.95. The predicted octanol–water partition coefficient (Wildman–Crippen LogP) is 4.64. The maximum atomic E-state index is 12.0. The maximum Gasteiger partial charge on any atom is 0.269 e. The number of para-hydroxylation sites is 1. The summed E-state index contributed by atoms with van der Waals surface area (Å²) in [6, 6.07) is 9.96. The van der Waals surface area contributed by atoms with Crippen molar-refractivity contribution >= 4 is 17.3 Å². The van der Waals surface area contributed by atoms with Crippen LogP contribution in [0, 0.1) is 12.8 Å². The summed E-state index contributed by atoms with van der Waals surface area (Å²) in [6.45, 7) is 11.2. The molecule has 1 heterocycles. The first-order chi connectivity index (χ1) is 11.4. The van der Waals surface area contributed by atoms with Crippen LogP contribution in [-0.2, 0) is 0 Å². The minimum Gasteiger partial charge on any atom is -0.354 e. The van der Waals surface area contributed by atoms with Crippen molar-refractivity contribution in [2.75, 3.05) is 11.9 Å². The largest absolute Gasteiger partial charge is 0.354 e. The molecule has 0 saturated heterocycles. The molecule has 0 fully saturated rings. The number of carbonyl (C=O) groups is 1. The van der Waals surface area contributed by atoms with Gasteiger partial charge in [0, 0.05) is 12.2 Å². The molecule has 1 aromatic heterocycles. The Bertz CT molecular complexity index is 691. The van der Waals surface area contributed by atoms with Gasteiger partial charge >= 0.3 is 0 Å². The van der Waals surface area contributed by atoms with E-state index in [4.69, 9.17) is 0 Å². The summed E-state index contributed by atoms with van der Waals surface area (Å²) in [5, 5.41) is 6.32. The van der Waals surface area contributed by atoms with Crippen molar-refractivity contribution in [1.82, 2.24) is 10.3 Å². The number of pyridine rings is 1. The number of aromatic nitrogens is 1. The van der Waals surface area contributed by atoms with Gasteiger partial charge in [-0.15, -0.1) is 0 Å². The Hall–Kier alpha value is -2.36. The van der Waals surface area contributed by atoms with Gasteiger partial charge in [0.05, 0.1) is 11.9 Å². The van der Waals surface area contributed by atoms with Crippen molar-refractivity contribution < 1.29 is 4.79 Å². The summed E-state index contributed by atoms with van der Waals surface area (Å²) in [5.74, 6) is 0.723. The molecule has 0 spiro atoms. The molecule has 2 rings (SSSR count). The van der Waals surface area contributed by atoms with E-state index in [9.17, 15) is 4.79 Å². The lowest BCUT2D eigenvalue weighted by Gasteiger charge is -2.17. The monoisotopic (exact) mass is 325 g/mol. The van der Waals surface area contributed by atoms with Crippen molar-refractivity contribution in [3.63, 3.8) is 0 Å². The zero-order valence-electron chi connectivity index (χ0n) is 15.2. The number of hydrogen-bond acceptors (Lipinski definition) is 3. The molecule has 4 heteroatoms. The molecule has 0 unspecified atom stereocenters. The molecule has 0 aliphatic rings. The van der Waals surface area contributed by atoms with Crippen LogP contribution in [0.2, 0.25) is 0 Å². The average molecular weight is 325 g/mol. The molecule has 0 saturated carbocycles. The number of benzene rings is 1. The zero-order chi connectivity index (χ0) is 17.7. The number of aryl methyl sites for hydroxylation is 1. The quantitative estimate of drug-likeness (QED) is 0.813. The number of amides is 1. The van der Waals surface area contributed by atoms with Gasteiger partial charge in [-0.3, -0.25) is 4.79 Å². The predicted molar refractivity (Wildman–Crippen MR) is 100.0 cm³/mol. The number of nitrogens with zero attached hydrogens (tertiary/aromatic N) is 1. The Morgan fingerprint density at radius 1 is 1.12 bits per heavy atom. The molecular weight excluding hydrogens is 298 g/mol. The summed E-state index contributed by atoms with van der Waals surface area (Å²) in [7, 11) is 0. The highest BCUT2D eigenvalue weighted by atomic mass is 16.1. The van der Waals surface area contributed by atoms with Crippen molar-refractivity contribution in [2.45, 2.75) is 40.5 Å². The van der Waals surface area contributed by atoms with Crippen LogP contribution in [0.3, 0.4) is 0 Å². The topological polar surface area (TPSA) is 54.0 Å². The number of rotatable bonds is 6. The van der Waals surface area contributed by atoms with Gasteiger partial charge in [-0.25, -0.2) is 4.98 Å². The lowest BCUT2D eigenvalue weighted by atomic mass is 9.98. The molecule has 1 aromatic carbocycles. The first-order valence-corrected chi connectivity index (χ1v) is 8.49. The zero-order valence-corrected chi connectivity index (χ0v) is 15.2. The molecule has 0 bridgehead atoms. The highest BCUT2D eigenvalue weighted by Crippen LogP contribution is 2.29. The first kappa shape index (κ1) is 18.0. The molecule has 2 N–H and O–H groups in total. The Labute approximate surface area is 144 Å². The fourth-order valence-corrected chi connectivity index (χ4v) is 2.48. The fraction of sp³-hybridized carbons (Fsp3) is 0.400. The molecule has 0 aliphatic carbocycles. The van der Waals surface area contributed by atoms with Gasteiger partial charge < -0.3 is 10.6 Å². The highest BCUT2D eigenvalue weighted by Gasteiger charge is 2.11. The van der Waals surface area contributed by atoms with E-state index in [0.29, 0.717) is 24.1 Å². The van der Waals surface area contributed by atoms with Gasteiger partial charge in [-0.1, -0.05) is 45.9 Å². The van der Waals surface area contributed by atoms with Gasteiger partial charge in [-0.05, 0) is 42.0 Å². The molecule has 0 atom stereocenters. The number of hydrogen-bond donors (Lipinski definition) is 2. The maximum absolute atomic E-state index is 12.0. The van der Waals surface area contributed by atoms with E-state index >= 15 is 0 Å². The third-order valence-corrected chi connectivity index (χ3v) is 3.86. The third kappa shape index (κ3) is 4.57. The van der Waals surface area contributed by atoms with Crippen LogP contribution in [0.15, 0.2) is 36.5 Å². The third-order valence-electron chi connectivity index (χ3n) is 3.86. The molecule has 0 aliphatic heterocycles. The first-order valence-electron chi connectivity index (χ1n) is 8.49. The summed E-state index contributed by atoms with van der Waals surface area (Å²) in [6.07, 6.45) is 1.71. The summed E-state index contributed by atoms with van der Waals surface area (Å²) in [4.78, 5) is 16.3. The van der Waals surface area contributed by atoms with Crippen molar-refractivity contribution in [3.8, 4) is 0 Å². The van der Waals surface area contributed by atoms with E-state index in [1.165, 1.54) is 11.1 Å². The summed E-state index contributed by atoms with van der Waals surface area (Å²) < 4.78 is 0. The number of anilines is 2. The summed E-state index contributed by atoms with van der Waals surface area (Å²) in [5.41, 5.74) is 4.90. The van der Waals surface area contributed by atoms with Gasteiger partial charge in [-0.2, -0.15) is 0 Å². The smallest absolute Gasteiger partial charge is 0.269 e. The summed E-state index contributed by atoms with van der Waals surface area (Å²) >= 11 is 0. The van der Waals surface area contributed by atoms with E-state index < -0.39 is 0 Å². The standard InChI is InChI=1S/C20H27N3O/c1-13(2)11-22-20(24)18-10-9-16(12-21-18)23-19-15(5)7-6-8-17(19)14(3)4/h6-10,12-14,23H,11H2,1-5H3,(H,22,24). The number of nitrogens with one attached hydrogen (secondary N) is 2. The van der Waals surface area contributed by atoms with Crippen LogP contribution < -0.4 is 10.6 Å². The molecule has 24 heavy (non-hydrogen) atoms. The SMILES string of the molecule is Cc1cccc(C(C)C)c1Nc1ccc(C(=O)NCC(C)C)nc1. The van der Waals surface area contributed by atoms with E-state index in [-0.39, 0.29) is 5.91 Å². The van der Waals surface area contributed by atoms with E-state index in [0.717, 1.165) is 11.4 Å². The van der Waals surface area contributed by atoms with Crippen molar-refractivity contribution in [3.05, 3.63) is 53.3 Å². The Kier molecular flexibility index (Phi) is 5.96. The van der Waals surface area contributed by atoms with Crippen LogP contribution in [-0.4, -0.2) is 17.4 Å².